The molecular weight excluding hydrogens is 254 g/mol. The number of fused-ring (bicyclic) bond motifs is 1. The average Bonchev–Trinajstić information content (AvgIpc) is 3.07. The topological polar surface area (TPSA) is 29.9 Å². The van der Waals surface area contributed by atoms with Gasteiger partial charge in [-0.15, -0.1) is 11.3 Å². The van der Waals surface area contributed by atoms with E-state index in [1.807, 2.05) is 17.9 Å². The molecule has 3 aromatic rings. The predicted octanol–water partition coefficient (Wildman–Crippen LogP) is 3.43. The fourth-order valence-corrected chi connectivity index (χ4v) is 3.52. The zero-order valence-electron chi connectivity index (χ0n) is 11.1. The van der Waals surface area contributed by atoms with Gasteiger partial charge in [0, 0.05) is 17.4 Å². The van der Waals surface area contributed by atoms with E-state index in [4.69, 9.17) is 0 Å². The Balaban J connectivity index is 2.12. The number of hydrogen-bond acceptors (Lipinski definition) is 3. The first kappa shape index (κ1) is 12.4. The van der Waals surface area contributed by atoms with Gasteiger partial charge in [0.25, 0.3) is 0 Å². The Morgan fingerprint density at radius 2 is 2.16 bits per heavy atom. The normalized spacial score (nSPS) is 12.9. The first-order valence-electron chi connectivity index (χ1n) is 6.50. The minimum absolute atomic E-state index is 0.193. The van der Waals surface area contributed by atoms with Crippen molar-refractivity contribution in [3.05, 3.63) is 53.2 Å². The molecule has 0 fully saturated rings. The van der Waals surface area contributed by atoms with Crippen molar-refractivity contribution in [2.75, 3.05) is 7.05 Å². The van der Waals surface area contributed by atoms with Crippen molar-refractivity contribution in [1.29, 1.82) is 0 Å². The molecule has 0 radical (unpaired) electrons. The summed E-state index contributed by atoms with van der Waals surface area (Å²) < 4.78 is 3.38. The third kappa shape index (κ3) is 2.07. The monoisotopic (exact) mass is 271 g/mol. The Hall–Kier alpha value is -1.65. The summed E-state index contributed by atoms with van der Waals surface area (Å²) in [5.41, 5.74) is 2.55. The van der Waals surface area contributed by atoms with Gasteiger partial charge in [0.15, 0.2) is 0 Å². The maximum absolute atomic E-state index is 4.37. The summed E-state index contributed by atoms with van der Waals surface area (Å²) in [6.45, 7) is 3.01. The second-order valence-corrected chi connectivity index (χ2v) is 5.39. The molecule has 1 atom stereocenters. The molecule has 3 rings (SSSR count). The number of hydrogen-bond donors (Lipinski definition) is 1. The number of rotatable bonds is 4. The zero-order chi connectivity index (χ0) is 13.2. The highest BCUT2D eigenvalue weighted by molar-refractivity contribution is 7.17. The maximum atomic E-state index is 4.37. The smallest absolute Gasteiger partial charge is 0.0759 e. The van der Waals surface area contributed by atoms with Gasteiger partial charge in [-0.25, -0.2) is 0 Å². The van der Waals surface area contributed by atoms with Crippen molar-refractivity contribution < 1.29 is 0 Å². The van der Waals surface area contributed by atoms with Gasteiger partial charge < -0.3 is 5.32 Å². The van der Waals surface area contributed by atoms with E-state index >= 15 is 0 Å². The lowest BCUT2D eigenvalue weighted by Crippen LogP contribution is -2.21. The van der Waals surface area contributed by atoms with Crippen LogP contribution in [0, 0.1) is 0 Å². The van der Waals surface area contributed by atoms with Crippen molar-refractivity contribution >= 4 is 21.4 Å². The summed E-state index contributed by atoms with van der Waals surface area (Å²) in [6, 6.07) is 10.8. The van der Waals surface area contributed by atoms with Crippen LogP contribution in [0.2, 0.25) is 0 Å². The van der Waals surface area contributed by atoms with Gasteiger partial charge >= 0.3 is 0 Å². The predicted molar refractivity (Wildman–Crippen MR) is 80.6 cm³/mol. The molecule has 4 heteroatoms. The van der Waals surface area contributed by atoms with E-state index < -0.39 is 0 Å². The van der Waals surface area contributed by atoms with E-state index in [0.29, 0.717) is 0 Å². The van der Waals surface area contributed by atoms with E-state index in [9.17, 15) is 0 Å². The molecule has 1 unspecified atom stereocenters. The molecule has 0 saturated carbocycles. The van der Waals surface area contributed by atoms with E-state index in [-0.39, 0.29) is 6.04 Å². The number of nitrogens with one attached hydrogen (secondary N) is 1. The lowest BCUT2D eigenvalue weighted by atomic mass is 10.0. The number of thiophene rings is 1. The third-order valence-electron chi connectivity index (χ3n) is 3.46. The summed E-state index contributed by atoms with van der Waals surface area (Å²) in [5.74, 6) is 0. The molecule has 1 N–H and O–H groups in total. The van der Waals surface area contributed by atoms with Crippen LogP contribution in [0.5, 0.6) is 0 Å². The summed E-state index contributed by atoms with van der Waals surface area (Å²) in [7, 11) is 2.00. The van der Waals surface area contributed by atoms with Crippen molar-refractivity contribution in [3.63, 3.8) is 0 Å². The van der Waals surface area contributed by atoms with Crippen LogP contribution in [0.25, 0.3) is 10.1 Å². The number of aromatic nitrogens is 2. The summed E-state index contributed by atoms with van der Waals surface area (Å²) in [4.78, 5) is 0. The van der Waals surface area contributed by atoms with Gasteiger partial charge in [-0.2, -0.15) is 5.10 Å². The molecule has 0 bridgehead atoms. The molecule has 0 spiro atoms. The Bertz CT molecular complexity index is 683. The van der Waals surface area contributed by atoms with Crippen LogP contribution in [-0.2, 0) is 6.54 Å². The van der Waals surface area contributed by atoms with E-state index in [1.54, 1.807) is 11.3 Å². The molecule has 19 heavy (non-hydrogen) atoms. The molecule has 1 aromatic carbocycles. The molecule has 2 aromatic heterocycles. The average molecular weight is 271 g/mol. The van der Waals surface area contributed by atoms with Crippen molar-refractivity contribution in [1.82, 2.24) is 15.1 Å². The van der Waals surface area contributed by atoms with Crippen LogP contribution < -0.4 is 5.32 Å². The lowest BCUT2D eigenvalue weighted by Gasteiger charge is -2.17. The first-order chi connectivity index (χ1) is 9.35. The van der Waals surface area contributed by atoms with E-state index in [2.05, 4.69) is 53.1 Å². The summed E-state index contributed by atoms with van der Waals surface area (Å²) in [6.07, 6.45) is 1.87. The van der Waals surface area contributed by atoms with Gasteiger partial charge in [-0.1, -0.05) is 18.2 Å². The van der Waals surface area contributed by atoms with Gasteiger partial charge in [0.2, 0.25) is 0 Å². The molecule has 98 valence electrons. The number of nitrogens with zero attached hydrogens (tertiary/aromatic N) is 2. The summed E-state index contributed by atoms with van der Waals surface area (Å²) >= 11 is 1.80. The fraction of sp³-hybridized carbons (Fsp3) is 0.267. The molecule has 0 amide bonds. The molecule has 0 aliphatic heterocycles. The van der Waals surface area contributed by atoms with Gasteiger partial charge in [-0.3, -0.25) is 4.68 Å². The second kappa shape index (κ2) is 5.15. The molecule has 0 aliphatic rings. The van der Waals surface area contributed by atoms with Crippen LogP contribution in [0.1, 0.15) is 24.2 Å². The highest BCUT2D eigenvalue weighted by Gasteiger charge is 2.19. The standard InChI is InChI=1S/C15H17N3S/c1-3-18-13(8-9-17-18)15(16-2)12-10-19-14-7-5-4-6-11(12)14/h4-10,15-16H,3H2,1-2H3. The molecule has 2 heterocycles. The first-order valence-corrected chi connectivity index (χ1v) is 7.38. The Morgan fingerprint density at radius 3 is 2.95 bits per heavy atom. The summed E-state index contributed by atoms with van der Waals surface area (Å²) in [5, 5.41) is 11.4. The van der Waals surface area contributed by atoms with Gasteiger partial charge in [0.1, 0.15) is 0 Å². The minimum atomic E-state index is 0.193. The lowest BCUT2D eigenvalue weighted by molar-refractivity contribution is 0.566. The van der Waals surface area contributed by atoms with Crippen LogP contribution in [-0.4, -0.2) is 16.8 Å². The SMILES string of the molecule is CCn1nccc1C(NC)c1csc2ccccc12. The van der Waals surface area contributed by atoms with Crippen LogP contribution in [0.15, 0.2) is 41.9 Å². The van der Waals surface area contributed by atoms with Crippen molar-refractivity contribution in [2.45, 2.75) is 19.5 Å². The molecule has 0 saturated heterocycles. The second-order valence-electron chi connectivity index (χ2n) is 4.48. The Kier molecular flexibility index (Phi) is 3.36. The Labute approximate surface area is 116 Å². The minimum Gasteiger partial charge on any atom is -0.308 e. The van der Waals surface area contributed by atoms with E-state index in [0.717, 1.165) is 6.54 Å². The quantitative estimate of drug-likeness (QED) is 0.788. The number of aryl methyl sites for hydroxylation is 1. The largest absolute Gasteiger partial charge is 0.308 e. The van der Waals surface area contributed by atoms with Gasteiger partial charge in [0.05, 0.1) is 11.7 Å². The third-order valence-corrected chi connectivity index (χ3v) is 4.44. The fourth-order valence-electron chi connectivity index (χ4n) is 2.54. The maximum Gasteiger partial charge on any atom is 0.0759 e. The zero-order valence-corrected chi connectivity index (χ0v) is 11.9. The van der Waals surface area contributed by atoms with E-state index in [1.165, 1.54) is 21.3 Å². The Morgan fingerprint density at radius 1 is 1.32 bits per heavy atom. The highest BCUT2D eigenvalue weighted by Crippen LogP contribution is 2.33. The van der Waals surface area contributed by atoms with Crippen molar-refractivity contribution in [3.8, 4) is 0 Å². The van der Waals surface area contributed by atoms with Crippen molar-refractivity contribution in [2.24, 2.45) is 0 Å². The van der Waals surface area contributed by atoms with Gasteiger partial charge in [-0.05, 0) is 42.4 Å². The molecule has 0 aliphatic carbocycles. The van der Waals surface area contributed by atoms with Crippen LogP contribution in [0.3, 0.4) is 0 Å². The van der Waals surface area contributed by atoms with Crippen LogP contribution in [0.4, 0.5) is 0 Å². The molecular formula is C15H17N3S. The van der Waals surface area contributed by atoms with Crippen LogP contribution >= 0.6 is 11.3 Å². The molecule has 3 nitrogen and oxygen atoms in total. The highest BCUT2D eigenvalue weighted by atomic mass is 32.1. The number of benzene rings is 1.